The summed E-state index contributed by atoms with van der Waals surface area (Å²) in [6, 6.07) is 3.94. The zero-order valence-corrected chi connectivity index (χ0v) is 14.6. The van der Waals surface area contributed by atoms with Crippen molar-refractivity contribution in [2.45, 2.75) is 58.0 Å². The van der Waals surface area contributed by atoms with Gasteiger partial charge >= 0.3 is 0 Å². The molecule has 0 unspecified atom stereocenters. The van der Waals surface area contributed by atoms with Gasteiger partial charge in [0.25, 0.3) is 0 Å². The Morgan fingerprint density at radius 3 is 2.79 bits per heavy atom. The van der Waals surface area contributed by atoms with Gasteiger partial charge in [0.2, 0.25) is 5.91 Å². The normalized spacial score (nSPS) is 30.4. The molecule has 4 nitrogen and oxygen atoms in total. The summed E-state index contributed by atoms with van der Waals surface area (Å²) in [4.78, 5) is 19.3. The molecule has 2 saturated carbocycles. The summed E-state index contributed by atoms with van der Waals surface area (Å²) in [5.41, 5.74) is 0.953. The van der Waals surface area contributed by atoms with Crippen LogP contribution in [0.2, 0.25) is 0 Å². The molecule has 130 valence electrons. The molecule has 0 N–H and O–H groups in total. The third-order valence-corrected chi connectivity index (χ3v) is 6.29. The summed E-state index contributed by atoms with van der Waals surface area (Å²) in [6.07, 6.45) is 10.3. The van der Waals surface area contributed by atoms with E-state index in [9.17, 15) is 4.79 Å². The van der Waals surface area contributed by atoms with E-state index in [0.29, 0.717) is 17.7 Å². The minimum absolute atomic E-state index is 0.238. The van der Waals surface area contributed by atoms with Gasteiger partial charge in [0.15, 0.2) is 0 Å². The van der Waals surface area contributed by atoms with Gasteiger partial charge in [-0.1, -0.05) is 19.3 Å². The zero-order chi connectivity index (χ0) is 16.5. The Morgan fingerprint density at radius 1 is 1.17 bits per heavy atom. The van der Waals surface area contributed by atoms with Crippen LogP contribution in [0.3, 0.4) is 0 Å². The van der Waals surface area contributed by atoms with E-state index in [2.05, 4.69) is 9.88 Å². The fraction of sp³-hybridized carbons (Fsp3) is 0.700. The van der Waals surface area contributed by atoms with Crippen LogP contribution < -0.4 is 4.74 Å². The summed E-state index contributed by atoms with van der Waals surface area (Å²) >= 11 is 0. The van der Waals surface area contributed by atoms with Gasteiger partial charge in [-0.3, -0.25) is 9.78 Å². The number of aromatic nitrogens is 1. The molecular formula is C20H28N2O2. The van der Waals surface area contributed by atoms with E-state index >= 15 is 0 Å². The summed E-state index contributed by atoms with van der Waals surface area (Å²) in [5, 5.41) is 0. The lowest BCUT2D eigenvalue weighted by molar-refractivity contribution is -0.135. The third kappa shape index (κ3) is 3.03. The molecule has 1 amide bonds. The molecule has 2 heterocycles. The number of likely N-dealkylation sites (tertiary alicyclic amines) is 1. The lowest BCUT2D eigenvalue weighted by atomic mass is 9.88. The topological polar surface area (TPSA) is 42.4 Å². The van der Waals surface area contributed by atoms with Gasteiger partial charge in [0.1, 0.15) is 11.9 Å². The monoisotopic (exact) mass is 328 g/mol. The number of pyridine rings is 1. The van der Waals surface area contributed by atoms with Gasteiger partial charge in [-0.25, -0.2) is 0 Å². The number of aryl methyl sites for hydroxylation is 1. The van der Waals surface area contributed by atoms with Gasteiger partial charge in [0.05, 0.1) is 5.69 Å². The van der Waals surface area contributed by atoms with Crippen molar-refractivity contribution in [2.24, 2.45) is 17.8 Å². The fourth-order valence-corrected chi connectivity index (χ4v) is 4.91. The SMILES string of the molecule is Cc1ncccc1O[C@@H]1CC[C@@H]2CN(C(=O)C3CCCCC3)C[C@@H]21. The molecule has 0 bridgehead atoms. The molecule has 24 heavy (non-hydrogen) atoms. The molecule has 1 aliphatic heterocycles. The molecule has 3 aliphatic rings. The number of ether oxygens (including phenoxy) is 1. The Kier molecular flexibility index (Phi) is 4.47. The van der Waals surface area contributed by atoms with E-state index in [1.807, 2.05) is 19.1 Å². The Bertz CT molecular complexity index is 597. The molecule has 0 aromatic carbocycles. The first kappa shape index (κ1) is 15.9. The largest absolute Gasteiger partial charge is 0.488 e. The predicted octanol–water partition coefficient (Wildman–Crippen LogP) is 3.59. The third-order valence-electron chi connectivity index (χ3n) is 6.29. The van der Waals surface area contributed by atoms with Crippen LogP contribution in [0, 0.1) is 24.7 Å². The zero-order valence-electron chi connectivity index (χ0n) is 14.6. The van der Waals surface area contributed by atoms with Crippen LogP contribution >= 0.6 is 0 Å². The standard InChI is InChI=1S/C20H28N2O2/c1-14-18(8-5-11-21-14)24-19-10-9-16-12-22(13-17(16)19)20(23)15-6-3-2-4-7-15/h5,8,11,15-17,19H,2-4,6-7,9-10,12-13H2,1H3/t16-,17+,19-/m1/s1. The van der Waals surface area contributed by atoms with Crippen molar-refractivity contribution in [1.82, 2.24) is 9.88 Å². The van der Waals surface area contributed by atoms with Crippen LogP contribution in [0.5, 0.6) is 5.75 Å². The van der Waals surface area contributed by atoms with Gasteiger partial charge in [-0.2, -0.15) is 0 Å². The van der Waals surface area contributed by atoms with Crippen LogP contribution in [0.15, 0.2) is 18.3 Å². The Labute approximate surface area is 144 Å². The average Bonchev–Trinajstić information content (AvgIpc) is 3.19. The van der Waals surface area contributed by atoms with Crippen molar-refractivity contribution in [3.05, 3.63) is 24.0 Å². The van der Waals surface area contributed by atoms with Gasteiger partial charge in [-0.15, -0.1) is 0 Å². The number of nitrogens with zero attached hydrogens (tertiary/aromatic N) is 2. The number of amides is 1. The molecule has 1 aromatic rings. The molecule has 4 rings (SSSR count). The van der Waals surface area contributed by atoms with Crippen LogP contribution in [-0.2, 0) is 4.79 Å². The number of carbonyl (C=O) groups excluding carboxylic acids is 1. The molecule has 3 fully saturated rings. The van der Waals surface area contributed by atoms with Gasteiger partial charge in [0, 0.05) is 31.1 Å². The summed E-state index contributed by atoms with van der Waals surface area (Å²) in [6.45, 7) is 3.84. The maximum absolute atomic E-state index is 12.8. The summed E-state index contributed by atoms with van der Waals surface area (Å²) < 4.78 is 6.29. The fourth-order valence-electron chi connectivity index (χ4n) is 4.91. The van der Waals surface area contributed by atoms with E-state index in [-0.39, 0.29) is 12.0 Å². The van der Waals surface area contributed by atoms with Crippen molar-refractivity contribution >= 4 is 5.91 Å². The second-order valence-electron chi connectivity index (χ2n) is 7.82. The van der Waals surface area contributed by atoms with Crippen LogP contribution in [0.1, 0.15) is 50.6 Å². The number of hydrogen-bond acceptors (Lipinski definition) is 3. The Hall–Kier alpha value is -1.58. The van der Waals surface area contributed by atoms with Crippen LogP contribution in [0.4, 0.5) is 0 Å². The van der Waals surface area contributed by atoms with Crippen molar-refractivity contribution in [3.63, 3.8) is 0 Å². The molecule has 0 radical (unpaired) electrons. The molecule has 1 saturated heterocycles. The second-order valence-corrected chi connectivity index (χ2v) is 7.82. The predicted molar refractivity (Wildman–Crippen MR) is 92.8 cm³/mol. The molecule has 4 heteroatoms. The Morgan fingerprint density at radius 2 is 2.00 bits per heavy atom. The van der Waals surface area contributed by atoms with E-state index < -0.39 is 0 Å². The maximum atomic E-state index is 12.8. The molecule has 0 spiro atoms. The lowest BCUT2D eigenvalue weighted by Crippen LogP contribution is -2.37. The van der Waals surface area contributed by atoms with Gasteiger partial charge in [-0.05, 0) is 50.7 Å². The van der Waals surface area contributed by atoms with E-state index in [1.54, 1.807) is 6.20 Å². The van der Waals surface area contributed by atoms with Crippen LogP contribution in [-0.4, -0.2) is 35.0 Å². The van der Waals surface area contributed by atoms with Gasteiger partial charge < -0.3 is 9.64 Å². The number of fused-ring (bicyclic) bond motifs is 1. The number of hydrogen-bond donors (Lipinski definition) is 0. The highest BCUT2D eigenvalue weighted by Gasteiger charge is 2.46. The first-order valence-corrected chi connectivity index (χ1v) is 9.59. The molecule has 1 aromatic heterocycles. The number of carbonyl (C=O) groups is 1. The smallest absolute Gasteiger partial charge is 0.225 e. The van der Waals surface area contributed by atoms with E-state index in [1.165, 1.54) is 25.7 Å². The average molecular weight is 328 g/mol. The van der Waals surface area contributed by atoms with Crippen molar-refractivity contribution in [2.75, 3.05) is 13.1 Å². The second kappa shape index (κ2) is 6.73. The highest BCUT2D eigenvalue weighted by Crippen LogP contribution is 2.41. The minimum atomic E-state index is 0.238. The van der Waals surface area contributed by atoms with Crippen molar-refractivity contribution in [3.8, 4) is 5.75 Å². The van der Waals surface area contributed by atoms with Crippen LogP contribution in [0.25, 0.3) is 0 Å². The molecular weight excluding hydrogens is 300 g/mol. The molecule has 3 atom stereocenters. The highest BCUT2D eigenvalue weighted by molar-refractivity contribution is 5.79. The van der Waals surface area contributed by atoms with Crippen molar-refractivity contribution in [1.29, 1.82) is 0 Å². The van der Waals surface area contributed by atoms with E-state index in [0.717, 1.165) is 43.8 Å². The van der Waals surface area contributed by atoms with E-state index in [4.69, 9.17) is 4.74 Å². The van der Waals surface area contributed by atoms with Crippen molar-refractivity contribution < 1.29 is 9.53 Å². The minimum Gasteiger partial charge on any atom is -0.488 e. The number of rotatable bonds is 3. The summed E-state index contributed by atoms with van der Waals surface area (Å²) in [5.74, 6) is 2.73. The summed E-state index contributed by atoms with van der Waals surface area (Å²) in [7, 11) is 0. The first-order chi connectivity index (χ1) is 11.7. The quantitative estimate of drug-likeness (QED) is 0.851. The first-order valence-electron chi connectivity index (χ1n) is 9.59. The molecule has 2 aliphatic carbocycles. The lowest BCUT2D eigenvalue weighted by Gasteiger charge is -2.27. The highest BCUT2D eigenvalue weighted by atomic mass is 16.5. The Balaban J connectivity index is 1.40. The maximum Gasteiger partial charge on any atom is 0.225 e.